The van der Waals surface area contributed by atoms with Gasteiger partial charge in [0.1, 0.15) is 10.0 Å². The molecule has 6 nitrogen and oxygen atoms in total. The van der Waals surface area contributed by atoms with Crippen molar-refractivity contribution in [3.05, 3.63) is 40.6 Å². The molecule has 3 aromatic heterocycles. The Kier molecular flexibility index (Phi) is 5.83. The lowest BCUT2D eigenvalue weighted by Gasteiger charge is -2.05. The van der Waals surface area contributed by atoms with Gasteiger partial charge in [-0.1, -0.05) is 25.2 Å². The van der Waals surface area contributed by atoms with E-state index in [4.69, 9.17) is 0 Å². The van der Waals surface area contributed by atoms with E-state index in [9.17, 15) is 4.79 Å². The molecule has 1 amide bonds. The van der Waals surface area contributed by atoms with E-state index in [1.807, 2.05) is 17.5 Å². The first-order valence-corrected chi connectivity index (χ1v) is 9.87. The van der Waals surface area contributed by atoms with Crippen molar-refractivity contribution in [3.63, 3.8) is 0 Å². The minimum atomic E-state index is -0.129. The molecule has 8 heteroatoms. The van der Waals surface area contributed by atoms with Gasteiger partial charge in [0.25, 0.3) is 0 Å². The molecule has 0 aliphatic heterocycles. The molecule has 3 heterocycles. The van der Waals surface area contributed by atoms with E-state index in [1.54, 1.807) is 12.4 Å². The Morgan fingerprint density at radius 3 is 2.84 bits per heavy atom. The van der Waals surface area contributed by atoms with Crippen LogP contribution in [0.3, 0.4) is 0 Å². The lowest BCUT2D eigenvalue weighted by molar-refractivity contribution is -0.115. The number of nitrogens with zero attached hydrogens (tertiary/aromatic N) is 4. The van der Waals surface area contributed by atoms with Crippen molar-refractivity contribution in [2.24, 2.45) is 0 Å². The van der Waals surface area contributed by atoms with Crippen molar-refractivity contribution < 1.29 is 4.79 Å². The van der Waals surface area contributed by atoms with Crippen LogP contribution in [-0.2, 0) is 11.2 Å². The third-order valence-corrected chi connectivity index (χ3v) is 5.77. The molecule has 0 unspecified atom stereocenters. The van der Waals surface area contributed by atoms with Crippen LogP contribution in [0, 0.1) is 0 Å². The molecule has 0 aliphatic rings. The van der Waals surface area contributed by atoms with Gasteiger partial charge < -0.3 is 5.32 Å². The number of rotatable bonds is 7. The molecule has 0 spiro atoms. The van der Waals surface area contributed by atoms with Crippen molar-refractivity contribution in [2.75, 3.05) is 5.32 Å². The highest BCUT2D eigenvalue weighted by Crippen LogP contribution is 2.28. The number of hydrogen-bond acceptors (Lipinski definition) is 7. The molecule has 3 aromatic rings. The van der Waals surface area contributed by atoms with Gasteiger partial charge in [-0.2, -0.15) is 0 Å². The van der Waals surface area contributed by atoms with E-state index in [0.717, 1.165) is 34.1 Å². The summed E-state index contributed by atoms with van der Waals surface area (Å²) in [6, 6.07) is 3.83. The first-order valence-electron chi connectivity index (χ1n) is 8.17. The van der Waals surface area contributed by atoms with E-state index < -0.39 is 0 Å². The Bertz CT molecular complexity index is 826. The topological polar surface area (TPSA) is 80.7 Å². The van der Waals surface area contributed by atoms with E-state index in [0.29, 0.717) is 11.0 Å². The fraction of sp³-hybridized carbons (Fsp3) is 0.353. The Hall–Kier alpha value is -2.19. The number of nitrogens with one attached hydrogen (secondary N) is 1. The van der Waals surface area contributed by atoms with Gasteiger partial charge in [0.15, 0.2) is 0 Å². The van der Waals surface area contributed by atoms with Gasteiger partial charge in [-0.15, -0.1) is 21.5 Å². The average molecular weight is 374 g/mol. The number of carbonyl (C=O) groups excluding carboxylic acids is 1. The molecule has 0 bridgehead atoms. The number of thiazole rings is 1. The first kappa shape index (κ1) is 17.6. The molecule has 130 valence electrons. The molecular weight excluding hydrogens is 354 g/mol. The summed E-state index contributed by atoms with van der Waals surface area (Å²) in [7, 11) is 0. The van der Waals surface area contributed by atoms with Gasteiger partial charge in [0, 0.05) is 29.3 Å². The summed E-state index contributed by atoms with van der Waals surface area (Å²) in [5, 5.41) is 15.4. The molecule has 1 N–H and O–H groups in total. The van der Waals surface area contributed by atoms with Crippen LogP contribution in [0.25, 0.3) is 10.6 Å². The number of pyridine rings is 1. The highest BCUT2D eigenvalue weighted by Gasteiger charge is 2.15. The van der Waals surface area contributed by atoms with Crippen LogP contribution in [0.15, 0.2) is 29.9 Å². The normalized spacial score (nSPS) is 11.0. The Balaban J connectivity index is 1.61. The number of anilines is 1. The largest absolute Gasteiger partial charge is 0.300 e. The van der Waals surface area contributed by atoms with Crippen molar-refractivity contribution in [1.29, 1.82) is 0 Å². The predicted molar refractivity (Wildman–Crippen MR) is 101 cm³/mol. The summed E-state index contributed by atoms with van der Waals surface area (Å²) in [4.78, 5) is 20.8. The number of hydrogen-bond donors (Lipinski definition) is 1. The number of carbonyl (C=O) groups is 1. The van der Waals surface area contributed by atoms with Crippen molar-refractivity contribution in [3.8, 4) is 10.6 Å². The summed E-state index contributed by atoms with van der Waals surface area (Å²) in [5.41, 5.74) is 1.70. The van der Waals surface area contributed by atoms with Crippen molar-refractivity contribution >= 4 is 33.7 Å². The third kappa shape index (κ3) is 4.46. The number of amides is 1. The van der Waals surface area contributed by atoms with E-state index in [-0.39, 0.29) is 12.3 Å². The summed E-state index contributed by atoms with van der Waals surface area (Å²) in [5.74, 6) is 0.277. The minimum Gasteiger partial charge on any atom is -0.300 e. The van der Waals surface area contributed by atoms with E-state index in [1.165, 1.54) is 22.7 Å². The molecule has 3 rings (SSSR count). The molecule has 0 radical (unpaired) electrons. The quantitative estimate of drug-likeness (QED) is 0.673. The second kappa shape index (κ2) is 8.26. The summed E-state index contributed by atoms with van der Waals surface area (Å²) in [6.45, 7) is 4.27. The molecular formula is C17H19N5OS2. The average Bonchev–Trinajstić information content (AvgIpc) is 3.27. The molecule has 0 saturated carbocycles. The van der Waals surface area contributed by atoms with Gasteiger partial charge in [-0.3, -0.25) is 9.78 Å². The van der Waals surface area contributed by atoms with Crippen LogP contribution in [0.5, 0.6) is 0 Å². The van der Waals surface area contributed by atoms with Crippen LogP contribution in [0.4, 0.5) is 5.13 Å². The predicted octanol–water partition coefficient (Wildman–Crippen LogP) is 4.14. The second-order valence-corrected chi connectivity index (χ2v) is 7.44. The summed E-state index contributed by atoms with van der Waals surface area (Å²) < 4.78 is 0. The van der Waals surface area contributed by atoms with Gasteiger partial charge in [-0.25, -0.2) is 4.98 Å². The monoisotopic (exact) mass is 373 g/mol. The SMILES string of the molecule is CCC(CC)c1nnc(NC(=O)Cc2csc(-c3cccnc3)n2)s1. The maximum atomic E-state index is 12.2. The fourth-order valence-corrected chi connectivity index (χ4v) is 4.26. The lowest BCUT2D eigenvalue weighted by atomic mass is 10.1. The van der Waals surface area contributed by atoms with Crippen molar-refractivity contribution in [1.82, 2.24) is 20.2 Å². The fourth-order valence-electron chi connectivity index (χ4n) is 2.43. The molecule has 0 saturated heterocycles. The van der Waals surface area contributed by atoms with Crippen LogP contribution >= 0.6 is 22.7 Å². The molecule has 0 aromatic carbocycles. The standard InChI is InChI=1S/C17H19N5OS2/c1-3-11(4-2)16-21-22-17(25-16)20-14(23)8-13-10-24-15(19-13)12-6-5-7-18-9-12/h5-7,9-11H,3-4,8H2,1-2H3,(H,20,22,23). The highest BCUT2D eigenvalue weighted by molar-refractivity contribution is 7.15. The Morgan fingerprint density at radius 1 is 1.28 bits per heavy atom. The molecule has 0 fully saturated rings. The zero-order valence-corrected chi connectivity index (χ0v) is 15.7. The van der Waals surface area contributed by atoms with Gasteiger partial charge in [0.2, 0.25) is 11.0 Å². The third-order valence-electron chi connectivity index (χ3n) is 3.82. The zero-order chi connectivity index (χ0) is 17.6. The van der Waals surface area contributed by atoms with E-state index in [2.05, 4.69) is 39.3 Å². The van der Waals surface area contributed by atoms with Gasteiger partial charge in [0.05, 0.1) is 12.1 Å². The molecule has 25 heavy (non-hydrogen) atoms. The maximum Gasteiger partial charge on any atom is 0.232 e. The Labute approximate surface area is 154 Å². The van der Waals surface area contributed by atoms with Gasteiger partial charge >= 0.3 is 0 Å². The van der Waals surface area contributed by atoms with Gasteiger partial charge in [-0.05, 0) is 25.0 Å². The summed E-state index contributed by atoms with van der Waals surface area (Å²) in [6.07, 6.45) is 5.76. The number of aromatic nitrogens is 4. The first-order chi connectivity index (χ1) is 12.2. The molecule has 0 atom stereocenters. The minimum absolute atomic E-state index is 0.129. The van der Waals surface area contributed by atoms with Crippen molar-refractivity contribution in [2.45, 2.75) is 39.0 Å². The zero-order valence-electron chi connectivity index (χ0n) is 14.1. The highest BCUT2D eigenvalue weighted by atomic mass is 32.1. The Morgan fingerprint density at radius 2 is 2.12 bits per heavy atom. The van der Waals surface area contributed by atoms with Crippen LogP contribution in [-0.4, -0.2) is 26.1 Å². The molecule has 0 aliphatic carbocycles. The lowest BCUT2D eigenvalue weighted by Crippen LogP contribution is -2.14. The van der Waals surface area contributed by atoms with Crippen LogP contribution in [0.2, 0.25) is 0 Å². The van der Waals surface area contributed by atoms with Crippen LogP contribution in [0.1, 0.15) is 43.3 Å². The van der Waals surface area contributed by atoms with E-state index >= 15 is 0 Å². The van der Waals surface area contributed by atoms with Crippen LogP contribution < -0.4 is 5.32 Å². The second-order valence-electron chi connectivity index (χ2n) is 5.57. The maximum absolute atomic E-state index is 12.2. The summed E-state index contributed by atoms with van der Waals surface area (Å²) >= 11 is 2.96. The smallest absolute Gasteiger partial charge is 0.232 e.